The van der Waals surface area contributed by atoms with Crippen molar-refractivity contribution in [1.29, 1.82) is 0 Å². The van der Waals surface area contributed by atoms with Crippen molar-refractivity contribution in [2.24, 2.45) is 11.8 Å². The van der Waals surface area contributed by atoms with Gasteiger partial charge in [-0.05, 0) is 139 Å². The molecule has 0 radical (unpaired) electrons. The van der Waals surface area contributed by atoms with Crippen LogP contribution < -0.4 is 26.8 Å². The Morgan fingerprint density at radius 2 is 1.54 bits per heavy atom. The van der Waals surface area contributed by atoms with E-state index in [9.17, 15) is 28.8 Å². The summed E-state index contributed by atoms with van der Waals surface area (Å²) >= 11 is 0. The van der Waals surface area contributed by atoms with E-state index in [1.165, 1.54) is 0 Å². The van der Waals surface area contributed by atoms with Gasteiger partial charge in [0.05, 0.1) is 10.9 Å². The summed E-state index contributed by atoms with van der Waals surface area (Å²) < 4.78 is 10.8. The van der Waals surface area contributed by atoms with Gasteiger partial charge in [0.15, 0.2) is 0 Å². The number of fused-ring (bicyclic) bond motifs is 1. The first-order chi connectivity index (χ1) is 28.8. The molecule has 0 bridgehead atoms. The van der Waals surface area contributed by atoms with Crippen LogP contribution in [0.25, 0.3) is 22.0 Å². The number of anilines is 1. The van der Waals surface area contributed by atoms with E-state index in [1.54, 1.807) is 29.2 Å². The second-order valence-electron chi connectivity index (χ2n) is 18.3. The summed E-state index contributed by atoms with van der Waals surface area (Å²) in [5.41, 5.74) is 3.70. The molecule has 6 N–H and O–H groups in total. The molecule has 5 amide bonds. The van der Waals surface area contributed by atoms with E-state index < -0.39 is 29.2 Å². The molecule has 1 aromatic heterocycles. The van der Waals surface area contributed by atoms with Gasteiger partial charge in [0.2, 0.25) is 11.8 Å². The number of likely N-dealkylation sites (tertiary alicyclic amines) is 1. The summed E-state index contributed by atoms with van der Waals surface area (Å²) in [5, 5.41) is 17.7. The summed E-state index contributed by atoms with van der Waals surface area (Å²) in [6.45, 7) is 14.2. The Morgan fingerprint density at radius 3 is 2.21 bits per heavy atom. The second-order valence-corrected chi connectivity index (χ2v) is 18.3. The minimum Gasteiger partial charge on any atom is -0.444 e. The molecular formula is C46H59N7O8. The maximum absolute atomic E-state index is 13.9. The maximum atomic E-state index is 13.9. The Morgan fingerprint density at radius 1 is 0.836 bits per heavy atom. The summed E-state index contributed by atoms with van der Waals surface area (Å²) in [6.07, 6.45) is 2.78. The highest BCUT2D eigenvalue weighted by molar-refractivity contribution is 5.99. The third-order valence-corrected chi connectivity index (χ3v) is 11.0. The highest BCUT2D eigenvalue weighted by atomic mass is 16.6. The molecule has 2 unspecified atom stereocenters. The molecule has 2 aliphatic rings. The maximum Gasteiger partial charge on any atom is 0.410 e. The van der Waals surface area contributed by atoms with Crippen LogP contribution in [0.2, 0.25) is 0 Å². The average Bonchev–Trinajstić information content (AvgIpc) is 3.82. The molecule has 1 aliphatic carbocycles. The van der Waals surface area contributed by atoms with Crippen molar-refractivity contribution in [3.8, 4) is 11.1 Å². The lowest BCUT2D eigenvalue weighted by molar-refractivity contribution is -0.130. The van der Waals surface area contributed by atoms with Crippen LogP contribution in [-0.2, 0) is 25.5 Å². The first kappa shape index (κ1) is 44.4. The van der Waals surface area contributed by atoms with Crippen molar-refractivity contribution in [3.63, 3.8) is 0 Å². The van der Waals surface area contributed by atoms with E-state index >= 15 is 0 Å². The number of aromatic nitrogens is 2. The minimum atomic E-state index is -0.901. The predicted octanol–water partition coefficient (Wildman–Crippen LogP) is 6.57. The van der Waals surface area contributed by atoms with Crippen molar-refractivity contribution < 1.29 is 33.4 Å². The van der Waals surface area contributed by atoms with Crippen molar-refractivity contribution in [3.05, 3.63) is 87.7 Å². The number of nitrogens with one attached hydrogen (secondary N) is 6. The molecule has 2 heterocycles. The molecule has 1 saturated heterocycles. The molecule has 15 nitrogen and oxygen atoms in total. The number of benzene rings is 3. The fraction of sp³-hybridized carbons (Fsp3) is 0.478. The largest absolute Gasteiger partial charge is 0.444 e. The Hall–Kier alpha value is -6.12. The smallest absolute Gasteiger partial charge is 0.410 e. The highest BCUT2D eigenvalue weighted by Gasteiger charge is 2.32. The van der Waals surface area contributed by atoms with Gasteiger partial charge in [0, 0.05) is 49.3 Å². The number of aryl methyl sites for hydroxylation is 1. The van der Waals surface area contributed by atoms with Gasteiger partial charge < -0.3 is 35.6 Å². The Balaban J connectivity index is 1.09. The third kappa shape index (κ3) is 12.2. The van der Waals surface area contributed by atoms with Gasteiger partial charge in [-0.25, -0.2) is 9.59 Å². The predicted molar refractivity (Wildman–Crippen MR) is 233 cm³/mol. The molecule has 61 heavy (non-hydrogen) atoms. The molecule has 326 valence electrons. The molecule has 4 aromatic rings. The zero-order chi connectivity index (χ0) is 44.1. The van der Waals surface area contributed by atoms with Crippen molar-refractivity contribution in [1.82, 2.24) is 31.0 Å². The van der Waals surface area contributed by atoms with Crippen LogP contribution in [0.3, 0.4) is 0 Å². The van der Waals surface area contributed by atoms with Crippen LogP contribution >= 0.6 is 0 Å². The number of carbonyl (C=O) groups excluding carboxylic acids is 5. The highest BCUT2D eigenvalue weighted by Crippen LogP contribution is 2.30. The molecule has 2 fully saturated rings. The van der Waals surface area contributed by atoms with Gasteiger partial charge in [-0.3, -0.25) is 29.4 Å². The average molecular weight is 838 g/mol. The first-order valence-corrected chi connectivity index (χ1v) is 21.1. The van der Waals surface area contributed by atoms with Gasteiger partial charge >= 0.3 is 12.2 Å². The van der Waals surface area contributed by atoms with Crippen LogP contribution in [0.4, 0.5) is 15.3 Å². The molecule has 1 aliphatic heterocycles. The van der Waals surface area contributed by atoms with Crippen LogP contribution in [0.15, 0.2) is 65.5 Å². The number of ether oxygens (including phenoxy) is 2. The number of rotatable bonds is 11. The molecule has 1 saturated carbocycles. The molecule has 3 aromatic carbocycles. The van der Waals surface area contributed by atoms with E-state index in [2.05, 4.69) is 31.5 Å². The lowest BCUT2D eigenvalue weighted by atomic mass is 9.81. The monoisotopic (exact) mass is 837 g/mol. The van der Waals surface area contributed by atoms with Crippen LogP contribution in [0.1, 0.15) is 95.1 Å². The van der Waals surface area contributed by atoms with Crippen LogP contribution in [0, 0.1) is 18.8 Å². The number of nitrogens with zero attached hydrogens (tertiary/aromatic N) is 1. The molecular weight excluding hydrogens is 779 g/mol. The number of H-pyrrole nitrogens is 2. The Kier molecular flexibility index (Phi) is 13.6. The van der Waals surface area contributed by atoms with E-state index in [4.69, 9.17) is 9.47 Å². The Bertz CT molecular complexity index is 2290. The summed E-state index contributed by atoms with van der Waals surface area (Å²) in [6, 6.07) is 17.2. The SMILES string of the molecule is Cc1cc(C(=O)NC2CCN(C(=O)OC(C)(C)C)C2)ccc1-c1ccc(CC(NC(=O)C2CCC(CNC(=O)OC(C)(C)C)CC2)C(=O)Nc2ccc3c(=O)[nH][nH]c3c2)cc1. The van der Waals surface area contributed by atoms with E-state index in [-0.39, 0.29) is 47.8 Å². The van der Waals surface area contributed by atoms with Crippen LogP contribution in [0.5, 0.6) is 0 Å². The van der Waals surface area contributed by atoms with Crippen molar-refractivity contribution in [2.45, 2.75) is 110 Å². The van der Waals surface area contributed by atoms with Gasteiger partial charge in [-0.15, -0.1) is 0 Å². The van der Waals surface area contributed by atoms with Crippen molar-refractivity contribution >= 4 is 46.5 Å². The third-order valence-electron chi connectivity index (χ3n) is 11.0. The summed E-state index contributed by atoms with van der Waals surface area (Å²) in [5.74, 6) is -0.873. The lowest BCUT2D eigenvalue weighted by Crippen LogP contribution is -2.48. The zero-order valence-electron chi connectivity index (χ0n) is 36.2. The van der Waals surface area contributed by atoms with E-state index in [0.29, 0.717) is 61.1 Å². The van der Waals surface area contributed by atoms with E-state index in [0.717, 1.165) is 35.1 Å². The zero-order valence-corrected chi connectivity index (χ0v) is 36.2. The van der Waals surface area contributed by atoms with Crippen molar-refractivity contribution in [2.75, 3.05) is 25.0 Å². The quantitative estimate of drug-likeness (QED) is 0.0973. The Labute approximate surface area is 356 Å². The second kappa shape index (κ2) is 18.7. The molecule has 15 heteroatoms. The number of alkyl carbamates (subject to hydrolysis) is 1. The number of hydrogen-bond donors (Lipinski definition) is 6. The van der Waals surface area contributed by atoms with Crippen LogP contribution in [-0.4, -0.2) is 87.9 Å². The number of hydrogen-bond acceptors (Lipinski definition) is 8. The molecule has 2 atom stereocenters. The first-order valence-electron chi connectivity index (χ1n) is 21.1. The number of amides is 5. The fourth-order valence-corrected chi connectivity index (χ4v) is 7.84. The van der Waals surface area contributed by atoms with Gasteiger partial charge in [-0.1, -0.05) is 30.3 Å². The summed E-state index contributed by atoms with van der Waals surface area (Å²) in [4.78, 5) is 79.2. The van der Waals surface area contributed by atoms with E-state index in [1.807, 2.05) is 84.9 Å². The topological polar surface area (TPSA) is 204 Å². The molecule has 0 spiro atoms. The normalized spacial score (nSPS) is 18.5. The van der Waals surface area contributed by atoms with Gasteiger partial charge in [-0.2, -0.15) is 0 Å². The van der Waals surface area contributed by atoms with Gasteiger partial charge in [0.1, 0.15) is 17.2 Å². The summed E-state index contributed by atoms with van der Waals surface area (Å²) in [7, 11) is 0. The fourth-order valence-electron chi connectivity index (χ4n) is 7.84. The lowest BCUT2D eigenvalue weighted by Gasteiger charge is -2.29. The minimum absolute atomic E-state index is 0.175. The van der Waals surface area contributed by atoms with Gasteiger partial charge in [0.25, 0.3) is 11.5 Å². The molecule has 6 rings (SSSR count). The standard InChI is InChI=1S/C46H59N7O8/c1-27-22-32(40(55)49-34-20-21-53(26-34)44(59)61-46(5,6)7)16-18-35(27)30-12-8-28(9-13-30)23-38(42(57)48-33-17-19-36-37(24-33)51-52-41(36)56)50-39(54)31-14-10-29(11-15-31)25-47-43(58)60-45(2,3)4/h8-9,12-13,16-19,22,24,29,31,34,38H,10-11,14-15,20-21,23,25-26H2,1-7H3,(H,47,58)(H,48,57)(H,49,55)(H,50,54)(H2,51,52,56). The number of aromatic amines is 2. The number of carbonyl (C=O) groups is 5.